The van der Waals surface area contributed by atoms with Crippen LogP contribution in [0.25, 0.3) is 28.4 Å². The molecule has 4 aromatic rings. The summed E-state index contributed by atoms with van der Waals surface area (Å²) >= 11 is 0. The normalized spacial score (nSPS) is 13.5. The highest BCUT2D eigenvalue weighted by Crippen LogP contribution is 2.28. The summed E-state index contributed by atoms with van der Waals surface area (Å²) in [5, 5.41) is 9.47. The third-order valence-corrected chi connectivity index (χ3v) is 6.31. The van der Waals surface area contributed by atoms with Crippen molar-refractivity contribution < 1.29 is 14.3 Å². The van der Waals surface area contributed by atoms with Crippen LogP contribution in [-0.2, 0) is 13.0 Å². The molecule has 8 heteroatoms. The van der Waals surface area contributed by atoms with Crippen molar-refractivity contribution in [1.82, 2.24) is 19.3 Å². The van der Waals surface area contributed by atoms with Crippen LogP contribution >= 0.6 is 0 Å². The molecule has 35 heavy (non-hydrogen) atoms. The molecule has 0 radical (unpaired) electrons. The summed E-state index contributed by atoms with van der Waals surface area (Å²) in [4.78, 5) is 27.1. The molecule has 2 aromatic carbocycles. The first kappa shape index (κ1) is 22.6. The SMILES string of the molecule is COc1ccc(/C=C/C(=O)n2c(=O)c(-c3nnc4n3CCCCC4)cc3ccccc32)cc1OC. The summed E-state index contributed by atoms with van der Waals surface area (Å²) in [5.74, 6) is 2.11. The van der Waals surface area contributed by atoms with Gasteiger partial charge in [-0.1, -0.05) is 30.7 Å². The molecule has 0 atom stereocenters. The van der Waals surface area contributed by atoms with Crippen molar-refractivity contribution in [2.45, 2.75) is 32.2 Å². The van der Waals surface area contributed by atoms with E-state index < -0.39 is 11.5 Å². The molecule has 0 unspecified atom stereocenters. The van der Waals surface area contributed by atoms with Crippen molar-refractivity contribution in [2.75, 3.05) is 14.2 Å². The fraction of sp³-hybridized carbons (Fsp3) is 0.259. The number of carbonyl (C=O) groups excluding carboxylic acids is 1. The van der Waals surface area contributed by atoms with Crippen molar-refractivity contribution in [1.29, 1.82) is 0 Å². The summed E-state index contributed by atoms with van der Waals surface area (Å²) in [7, 11) is 3.12. The Morgan fingerprint density at radius 3 is 2.63 bits per heavy atom. The van der Waals surface area contributed by atoms with Crippen molar-refractivity contribution in [3.8, 4) is 22.9 Å². The molecule has 0 spiro atoms. The van der Waals surface area contributed by atoms with E-state index in [0.717, 1.165) is 49.0 Å². The van der Waals surface area contributed by atoms with Gasteiger partial charge in [0.2, 0.25) is 0 Å². The molecule has 0 saturated carbocycles. The Kier molecular flexibility index (Phi) is 6.18. The maximum atomic E-state index is 13.7. The van der Waals surface area contributed by atoms with Gasteiger partial charge in [-0.05, 0) is 54.1 Å². The number of benzene rings is 2. The third-order valence-electron chi connectivity index (χ3n) is 6.31. The van der Waals surface area contributed by atoms with E-state index in [1.165, 1.54) is 10.6 Å². The summed E-state index contributed by atoms with van der Waals surface area (Å²) in [6, 6.07) is 14.5. The van der Waals surface area contributed by atoms with Crippen molar-refractivity contribution in [3.05, 3.63) is 76.3 Å². The fourth-order valence-electron chi connectivity index (χ4n) is 4.52. The molecule has 0 fully saturated rings. The zero-order valence-corrected chi connectivity index (χ0v) is 19.7. The number of pyridine rings is 1. The Labute approximate surface area is 202 Å². The number of ether oxygens (including phenoxy) is 2. The lowest BCUT2D eigenvalue weighted by molar-refractivity contribution is 0.0971. The van der Waals surface area contributed by atoms with Crippen LogP contribution < -0.4 is 15.0 Å². The second-order valence-corrected chi connectivity index (χ2v) is 8.45. The number of rotatable bonds is 5. The first-order valence-electron chi connectivity index (χ1n) is 11.6. The van der Waals surface area contributed by atoms with Gasteiger partial charge >= 0.3 is 0 Å². The topological polar surface area (TPSA) is 88.2 Å². The third kappa shape index (κ3) is 4.23. The summed E-state index contributed by atoms with van der Waals surface area (Å²) in [6.45, 7) is 0.761. The van der Waals surface area contributed by atoms with Gasteiger partial charge in [0.05, 0.1) is 25.3 Å². The van der Waals surface area contributed by atoms with Crippen molar-refractivity contribution in [2.24, 2.45) is 0 Å². The number of methoxy groups -OCH3 is 2. The van der Waals surface area contributed by atoms with E-state index in [-0.39, 0.29) is 0 Å². The molecular formula is C27H26N4O4. The van der Waals surface area contributed by atoms with Crippen LogP contribution in [0.5, 0.6) is 11.5 Å². The molecule has 178 valence electrons. The average molecular weight is 471 g/mol. The number of hydrogen-bond acceptors (Lipinski definition) is 6. The van der Waals surface area contributed by atoms with Crippen LogP contribution in [0, 0.1) is 0 Å². The molecule has 0 aliphatic carbocycles. The van der Waals surface area contributed by atoms with Gasteiger partial charge < -0.3 is 14.0 Å². The quantitative estimate of drug-likeness (QED) is 0.403. The van der Waals surface area contributed by atoms with E-state index in [1.807, 2.05) is 34.9 Å². The molecule has 0 amide bonds. The number of para-hydroxylation sites is 1. The second kappa shape index (κ2) is 9.58. The van der Waals surface area contributed by atoms with Gasteiger partial charge in [0, 0.05) is 19.0 Å². The highest BCUT2D eigenvalue weighted by molar-refractivity contribution is 6.00. The molecule has 0 saturated heterocycles. The maximum absolute atomic E-state index is 13.7. The maximum Gasteiger partial charge on any atom is 0.269 e. The van der Waals surface area contributed by atoms with Gasteiger partial charge in [0.25, 0.3) is 11.5 Å². The average Bonchev–Trinajstić information content (AvgIpc) is 3.13. The minimum Gasteiger partial charge on any atom is -0.493 e. The minimum absolute atomic E-state index is 0.372. The minimum atomic E-state index is -0.446. The Morgan fingerprint density at radius 2 is 1.80 bits per heavy atom. The first-order chi connectivity index (χ1) is 17.1. The largest absolute Gasteiger partial charge is 0.493 e. The number of nitrogens with zero attached hydrogens (tertiary/aromatic N) is 4. The molecule has 0 bridgehead atoms. The van der Waals surface area contributed by atoms with E-state index in [9.17, 15) is 9.59 Å². The molecule has 1 aliphatic rings. The van der Waals surface area contributed by atoms with Gasteiger partial charge in [-0.3, -0.25) is 9.59 Å². The van der Waals surface area contributed by atoms with E-state index in [4.69, 9.17) is 9.47 Å². The highest BCUT2D eigenvalue weighted by atomic mass is 16.5. The monoisotopic (exact) mass is 470 g/mol. The standard InChI is InChI=1S/C27H26N4O4/c1-34-22-13-11-18(16-23(22)35-2)12-14-25(32)31-21-9-6-5-8-19(21)17-20(27(31)33)26-29-28-24-10-4-3-7-15-30(24)26/h5-6,8-9,11-14,16-17H,3-4,7,10,15H2,1-2H3/b14-12+. The molecule has 3 heterocycles. The van der Waals surface area contributed by atoms with Gasteiger partial charge in [-0.2, -0.15) is 0 Å². The Hall–Kier alpha value is -4.20. The van der Waals surface area contributed by atoms with Crippen LogP contribution in [-0.4, -0.2) is 39.5 Å². The number of aromatic nitrogens is 4. The van der Waals surface area contributed by atoms with Crippen molar-refractivity contribution in [3.63, 3.8) is 0 Å². The number of fused-ring (bicyclic) bond motifs is 2. The summed E-state index contributed by atoms with van der Waals surface area (Å²) < 4.78 is 13.8. The Morgan fingerprint density at radius 1 is 0.971 bits per heavy atom. The predicted molar refractivity (Wildman–Crippen MR) is 134 cm³/mol. The van der Waals surface area contributed by atoms with Crippen LogP contribution in [0.15, 0.2) is 59.4 Å². The molecule has 5 rings (SSSR count). The smallest absolute Gasteiger partial charge is 0.269 e. The van der Waals surface area contributed by atoms with Crippen LogP contribution in [0.4, 0.5) is 0 Å². The number of hydrogen-bond donors (Lipinski definition) is 0. The molecular weight excluding hydrogens is 444 g/mol. The second-order valence-electron chi connectivity index (χ2n) is 8.45. The molecule has 1 aliphatic heterocycles. The number of allylic oxidation sites excluding steroid dienone is 1. The van der Waals surface area contributed by atoms with Crippen LogP contribution in [0.1, 0.15) is 35.4 Å². The lowest BCUT2D eigenvalue weighted by atomic mass is 10.1. The summed E-state index contributed by atoms with van der Waals surface area (Å²) in [6.07, 6.45) is 7.06. The first-order valence-corrected chi connectivity index (χ1v) is 11.6. The van der Waals surface area contributed by atoms with Gasteiger partial charge in [-0.15, -0.1) is 10.2 Å². The van der Waals surface area contributed by atoms with Crippen LogP contribution in [0.3, 0.4) is 0 Å². The van der Waals surface area contributed by atoms with E-state index in [0.29, 0.717) is 28.4 Å². The van der Waals surface area contributed by atoms with Gasteiger partial charge in [0.1, 0.15) is 5.82 Å². The van der Waals surface area contributed by atoms with Crippen LogP contribution in [0.2, 0.25) is 0 Å². The number of carbonyl (C=O) groups is 1. The Bertz CT molecular complexity index is 1500. The molecule has 8 nitrogen and oxygen atoms in total. The van der Waals surface area contributed by atoms with Gasteiger partial charge in [-0.25, -0.2) is 4.57 Å². The van der Waals surface area contributed by atoms with Gasteiger partial charge in [0.15, 0.2) is 17.3 Å². The van der Waals surface area contributed by atoms with E-state index >= 15 is 0 Å². The highest BCUT2D eigenvalue weighted by Gasteiger charge is 2.21. The van der Waals surface area contributed by atoms with E-state index in [1.54, 1.807) is 38.5 Å². The van der Waals surface area contributed by atoms with Crippen molar-refractivity contribution >= 4 is 22.9 Å². The fourth-order valence-corrected chi connectivity index (χ4v) is 4.52. The lowest BCUT2D eigenvalue weighted by Crippen LogP contribution is -2.28. The lowest BCUT2D eigenvalue weighted by Gasteiger charge is -2.12. The summed E-state index contributed by atoms with van der Waals surface area (Å²) in [5.41, 5.74) is 1.24. The zero-order chi connectivity index (χ0) is 24.4. The molecule has 0 N–H and O–H groups in total. The Balaban J connectivity index is 1.60. The van der Waals surface area contributed by atoms with E-state index in [2.05, 4.69) is 10.2 Å². The predicted octanol–water partition coefficient (Wildman–Crippen LogP) is 4.36. The molecule has 2 aromatic heterocycles. The zero-order valence-electron chi connectivity index (χ0n) is 19.7. The number of aryl methyl sites for hydroxylation is 1.